The molecule has 0 amide bonds. The minimum Gasteiger partial charge on any atom is -0.221 e. The van der Waals surface area contributed by atoms with Gasteiger partial charge >= 0.3 is 0 Å². The van der Waals surface area contributed by atoms with Gasteiger partial charge in [-0.15, -0.1) is 5.11 Å². The topological polar surface area (TPSA) is 40.0 Å². The molecule has 1 heterocycles. The number of halogens is 2. The summed E-state index contributed by atoms with van der Waals surface area (Å²) in [5.74, 6) is 0. The summed E-state index contributed by atoms with van der Waals surface area (Å²) in [5, 5.41) is 10.9. The third-order valence-corrected chi connectivity index (χ3v) is 3.10. The summed E-state index contributed by atoms with van der Waals surface area (Å²) in [4.78, 5) is 0. The molecule has 0 bridgehead atoms. The molecule has 2 rings (SSSR count). The predicted octanol–water partition coefficient (Wildman–Crippen LogP) is 3.59. The van der Waals surface area contributed by atoms with Crippen molar-refractivity contribution in [3.05, 3.63) is 28.2 Å². The van der Waals surface area contributed by atoms with E-state index in [1.807, 2.05) is 5.01 Å². The van der Waals surface area contributed by atoms with Crippen LogP contribution in [0.5, 0.6) is 0 Å². The van der Waals surface area contributed by atoms with Gasteiger partial charge in [-0.3, -0.25) is 0 Å². The molecule has 0 spiro atoms. The lowest BCUT2D eigenvalue weighted by atomic mass is 10.3. The van der Waals surface area contributed by atoms with Crippen molar-refractivity contribution in [1.82, 2.24) is 10.5 Å². The lowest BCUT2D eigenvalue weighted by Gasteiger charge is -2.10. The Balaban J connectivity index is 1.92. The maximum Gasteiger partial charge on any atom is 0.0890 e. The lowest BCUT2D eigenvalue weighted by Crippen LogP contribution is -2.30. The Bertz CT molecular complexity index is 388. The molecule has 16 heavy (non-hydrogen) atoms. The highest BCUT2D eigenvalue weighted by atomic mass is 35.5. The molecule has 1 N–H and O–H groups in total. The molecule has 1 aromatic rings. The van der Waals surface area contributed by atoms with Crippen molar-refractivity contribution in [3.63, 3.8) is 0 Å². The van der Waals surface area contributed by atoms with Crippen LogP contribution in [-0.4, -0.2) is 18.1 Å². The first-order valence-electron chi connectivity index (χ1n) is 5.12. The van der Waals surface area contributed by atoms with Crippen molar-refractivity contribution in [2.24, 2.45) is 10.3 Å². The Kier molecular flexibility index (Phi) is 3.98. The van der Waals surface area contributed by atoms with Crippen LogP contribution in [0.25, 0.3) is 0 Å². The van der Waals surface area contributed by atoms with E-state index in [1.165, 1.54) is 12.8 Å². The number of nitrogens with zero attached hydrogens (tertiary/aromatic N) is 3. The van der Waals surface area contributed by atoms with Gasteiger partial charge in [0.15, 0.2) is 0 Å². The molecule has 0 radical (unpaired) electrons. The van der Waals surface area contributed by atoms with Crippen LogP contribution in [0.2, 0.25) is 10.0 Å². The zero-order chi connectivity index (χ0) is 11.4. The fraction of sp³-hybridized carbons (Fsp3) is 0.400. The van der Waals surface area contributed by atoms with Gasteiger partial charge in [-0.1, -0.05) is 28.4 Å². The predicted molar refractivity (Wildman–Crippen MR) is 64.9 cm³/mol. The second-order valence-corrected chi connectivity index (χ2v) is 4.41. The zero-order valence-electron chi connectivity index (χ0n) is 8.66. The molecule has 1 aliphatic rings. The van der Waals surface area contributed by atoms with Crippen molar-refractivity contribution in [1.29, 1.82) is 0 Å². The molecular formula is C10H12Cl2N4. The molecule has 0 saturated carbocycles. The van der Waals surface area contributed by atoms with Gasteiger partial charge in [0.25, 0.3) is 0 Å². The van der Waals surface area contributed by atoms with Gasteiger partial charge < -0.3 is 0 Å². The quantitative estimate of drug-likeness (QED) is 0.665. The van der Waals surface area contributed by atoms with Gasteiger partial charge in [0.1, 0.15) is 0 Å². The Labute approximate surface area is 104 Å². The van der Waals surface area contributed by atoms with Crippen molar-refractivity contribution in [2.45, 2.75) is 12.8 Å². The SMILES string of the molecule is Clc1ccc(N=NNN2CCCC2)cc1Cl. The van der Waals surface area contributed by atoms with Crippen LogP contribution in [0.3, 0.4) is 0 Å². The molecule has 0 aliphatic carbocycles. The molecule has 1 aliphatic heterocycles. The molecule has 0 unspecified atom stereocenters. The number of hydrogen-bond donors (Lipinski definition) is 1. The fourth-order valence-corrected chi connectivity index (χ4v) is 1.80. The molecule has 6 heteroatoms. The van der Waals surface area contributed by atoms with Crippen molar-refractivity contribution in [2.75, 3.05) is 13.1 Å². The number of hydrogen-bond acceptors (Lipinski definition) is 3. The summed E-state index contributed by atoms with van der Waals surface area (Å²) in [5.41, 5.74) is 3.56. The van der Waals surface area contributed by atoms with E-state index in [2.05, 4.69) is 15.9 Å². The highest BCUT2D eigenvalue weighted by Gasteiger charge is 2.09. The van der Waals surface area contributed by atoms with E-state index in [9.17, 15) is 0 Å². The highest BCUT2D eigenvalue weighted by Crippen LogP contribution is 2.26. The maximum absolute atomic E-state index is 5.86. The molecule has 0 aromatic heterocycles. The van der Waals surface area contributed by atoms with Crippen LogP contribution < -0.4 is 5.53 Å². The second kappa shape index (κ2) is 5.48. The van der Waals surface area contributed by atoms with E-state index < -0.39 is 0 Å². The molecule has 86 valence electrons. The Morgan fingerprint density at radius 1 is 1.12 bits per heavy atom. The van der Waals surface area contributed by atoms with E-state index in [0.717, 1.165) is 13.1 Å². The van der Waals surface area contributed by atoms with E-state index in [0.29, 0.717) is 15.7 Å². The van der Waals surface area contributed by atoms with Gasteiger partial charge in [0.05, 0.1) is 15.7 Å². The third-order valence-electron chi connectivity index (χ3n) is 2.36. The average Bonchev–Trinajstić information content (AvgIpc) is 2.76. The van der Waals surface area contributed by atoms with Gasteiger partial charge in [-0.05, 0) is 31.0 Å². The van der Waals surface area contributed by atoms with Crippen LogP contribution in [0.15, 0.2) is 28.5 Å². The molecule has 1 saturated heterocycles. The largest absolute Gasteiger partial charge is 0.221 e. The molecular weight excluding hydrogens is 247 g/mol. The van der Waals surface area contributed by atoms with Crippen LogP contribution in [0.4, 0.5) is 5.69 Å². The van der Waals surface area contributed by atoms with Crippen molar-refractivity contribution >= 4 is 28.9 Å². The van der Waals surface area contributed by atoms with Crippen molar-refractivity contribution < 1.29 is 0 Å². The number of nitrogens with one attached hydrogen (secondary N) is 1. The number of benzene rings is 1. The summed E-state index contributed by atoms with van der Waals surface area (Å²) in [6.45, 7) is 2.03. The van der Waals surface area contributed by atoms with E-state index in [1.54, 1.807) is 18.2 Å². The molecule has 1 aromatic carbocycles. The standard InChI is InChI=1S/C10H12Cl2N4/c11-9-4-3-8(7-10(9)12)13-14-15-16-5-1-2-6-16/h3-4,7H,1-2,5-6H2,(H,13,15). The van der Waals surface area contributed by atoms with Gasteiger partial charge in [-0.25, -0.2) is 10.5 Å². The Hall–Kier alpha value is -0.840. The smallest absolute Gasteiger partial charge is 0.0890 e. The average molecular weight is 259 g/mol. The number of hydrazine groups is 1. The fourth-order valence-electron chi connectivity index (χ4n) is 1.51. The second-order valence-electron chi connectivity index (χ2n) is 3.59. The van der Waals surface area contributed by atoms with Gasteiger partial charge in [0.2, 0.25) is 0 Å². The van der Waals surface area contributed by atoms with Gasteiger partial charge in [-0.2, -0.15) is 0 Å². The molecule has 1 fully saturated rings. The molecule has 0 atom stereocenters. The van der Waals surface area contributed by atoms with E-state index in [-0.39, 0.29) is 0 Å². The summed E-state index contributed by atoms with van der Waals surface area (Å²) in [7, 11) is 0. The van der Waals surface area contributed by atoms with Crippen LogP contribution >= 0.6 is 23.2 Å². The third kappa shape index (κ3) is 3.07. The maximum atomic E-state index is 5.86. The van der Waals surface area contributed by atoms with E-state index in [4.69, 9.17) is 23.2 Å². The molecule has 4 nitrogen and oxygen atoms in total. The lowest BCUT2D eigenvalue weighted by molar-refractivity contribution is 0.234. The first-order chi connectivity index (χ1) is 7.75. The summed E-state index contributed by atoms with van der Waals surface area (Å²) < 4.78 is 0. The van der Waals surface area contributed by atoms with Crippen LogP contribution in [-0.2, 0) is 0 Å². The normalized spacial score (nSPS) is 17.1. The summed E-state index contributed by atoms with van der Waals surface area (Å²) in [6.07, 6.45) is 2.41. The highest BCUT2D eigenvalue weighted by molar-refractivity contribution is 6.42. The number of rotatable bonds is 3. The summed E-state index contributed by atoms with van der Waals surface area (Å²) >= 11 is 11.6. The zero-order valence-corrected chi connectivity index (χ0v) is 10.2. The monoisotopic (exact) mass is 258 g/mol. The Morgan fingerprint density at radius 2 is 1.88 bits per heavy atom. The minimum absolute atomic E-state index is 0.485. The minimum atomic E-state index is 0.485. The van der Waals surface area contributed by atoms with Crippen LogP contribution in [0, 0.1) is 0 Å². The first kappa shape index (κ1) is 11.6. The van der Waals surface area contributed by atoms with Crippen molar-refractivity contribution in [3.8, 4) is 0 Å². The Morgan fingerprint density at radius 3 is 2.56 bits per heavy atom. The van der Waals surface area contributed by atoms with Gasteiger partial charge in [0, 0.05) is 13.1 Å². The summed E-state index contributed by atoms with van der Waals surface area (Å²) in [6, 6.07) is 5.15. The first-order valence-corrected chi connectivity index (χ1v) is 5.88. The van der Waals surface area contributed by atoms with E-state index >= 15 is 0 Å². The van der Waals surface area contributed by atoms with Crippen LogP contribution in [0.1, 0.15) is 12.8 Å².